The second kappa shape index (κ2) is 6.78. The quantitative estimate of drug-likeness (QED) is 0.756. The molecule has 0 radical (unpaired) electrons. The van der Waals surface area contributed by atoms with Crippen LogP contribution in [0.1, 0.15) is 43.2 Å². The Bertz CT molecular complexity index is 567. The Hall–Kier alpha value is -2.09. The van der Waals surface area contributed by atoms with Gasteiger partial charge in [0.15, 0.2) is 0 Å². The van der Waals surface area contributed by atoms with Gasteiger partial charge in [0.2, 0.25) is 0 Å². The van der Waals surface area contributed by atoms with Gasteiger partial charge < -0.3 is 4.74 Å². The Morgan fingerprint density at radius 2 is 1.55 bits per heavy atom. The highest BCUT2D eigenvalue weighted by Gasteiger charge is 2.35. The first kappa shape index (κ1) is 14.8. The van der Waals surface area contributed by atoms with Gasteiger partial charge in [-0.25, -0.2) is 0 Å². The molecule has 2 nitrogen and oxygen atoms in total. The molecule has 0 aromatic heterocycles. The molecule has 0 amide bonds. The topological polar surface area (TPSA) is 26.3 Å². The molecular formula is C20H22O2. The van der Waals surface area contributed by atoms with E-state index in [1.165, 1.54) is 11.1 Å². The van der Waals surface area contributed by atoms with Gasteiger partial charge in [0.05, 0.1) is 5.92 Å². The predicted octanol–water partition coefficient (Wildman–Crippen LogP) is 4.55. The van der Waals surface area contributed by atoms with Gasteiger partial charge >= 0.3 is 5.97 Å². The number of rotatable bonds is 5. The van der Waals surface area contributed by atoms with E-state index in [4.69, 9.17) is 4.74 Å². The maximum atomic E-state index is 12.1. The van der Waals surface area contributed by atoms with E-state index in [0.717, 1.165) is 19.3 Å². The first-order valence-corrected chi connectivity index (χ1v) is 8.08. The van der Waals surface area contributed by atoms with Crippen LogP contribution in [0.25, 0.3) is 0 Å². The molecule has 0 bridgehead atoms. The van der Waals surface area contributed by atoms with Crippen molar-refractivity contribution in [3.8, 4) is 0 Å². The Balaban J connectivity index is 1.85. The smallest absolute Gasteiger partial charge is 0.309 e. The first-order chi connectivity index (χ1) is 10.8. The minimum absolute atomic E-state index is 0.00959. The number of hydrogen-bond acceptors (Lipinski definition) is 2. The molecule has 2 unspecified atom stereocenters. The third kappa shape index (κ3) is 3.22. The SMILES string of the molecule is CCC1CC(CC(c2ccccc2)c2ccccc2)C(=O)O1. The maximum absolute atomic E-state index is 12.1. The van der Waals surface area contributed by atoms with E-state index < -0.39 is 0 Å². The minimum Gasteiger partial charge on any atom is -0.462 e. The molecule has 0 saturated carbocycles. The molecule has 0 aliphatic carbocycles. The molecule has 114 valence electrons. The Morgan fingerprint density at radius 3 is 2.00 bits per heavy atom. The second-order valence-electron chi connectivity index (χ2n) is 6.01. The van der Waals surface area contributed by atoms with E-state index in [1.54, 1.807) is 0 Å². The summed E-state index contributed by atoms with van der Waals surface area (Å²) >= 11 is 0. The summed E-state index contributed by atoms with van der Waals surface area (Å²) in [4.78, 5) is 12.1. The summed E-state index contributed by atoms with van der Waals surface area (Å²) in [5.74, 6) is 0.231. The summed E-state index contributed by atoms with van der Waals surface area (Å²) in [6.07, 6.45) is 2.68. The number of esters is 1. The Kier molecular flexibility index (Phi) is 4.57. The summed E-state index contributed by atoms with van der Waals surface area (Å²) in [6.45, 7) is 2.08. The summed E-state index contributed by atoms with van der Waals surface area (Å²) in [5, 5.41) is 0. The lowest BCUT2D eigenvalue weighted by atomic mass is 9.82. The van der Waals surface area contributed by atoms with Crippen molar-refractivity contribution >= 4 is 5.97 Å². The zero-order valence-electron chi connectivity index (χ0n) is 12.9. The zero-order chi connectivity index (χ0) is 15.4. The molecule has 1 aliphatic heterocycles. The Morgan fingerprint density at radius 1 is 1.00 bits per heavy atom. The van der Waals surface area contributed by atoms with E-state index in [0.29, 0.717) is 0 Å². The van der Waals surface area contributed by atoms with Crippen LogP contribution in [0.2, 0.25) is 0 Å². The van der Waals surface area contributed by atoms with E-state index in [2.05, 4.69) is 55.5 Å². The van der Waals surface area contributed by atoms with Gasteiger partial charge in [-0.1, -0.05) is 67.6 Å². The molecule has 1 fully saturated rings. The molecule has 3 rings (SSSR count). The summed E-state index contributed by atoms with van der Waals surface area (Å²) in [7, 11) is 0. The van der Waals surface area contributed by atoms with Crippen molar-refractivity contribution in [2.75, 3.05) is 0 Å². The molecule has 0 N–H and O–H groups in total. The number of cyclic esters (lactones) is 1. The fraction of sp³-hybridized carbons (Fsp3) is 0.350. The summed E-state index contributed by atoms with van der Waals surface area (Å²) in [6, 6.07) is 20.9. The highest BCUT2D eigenvalue weighted by Crippen LogP contribution is 2.36. The van der Waals surface area contributed by atoms with Crippen LogP contribution in [0.15, 0.2) is 60.7 Å². The summed E-state index contributed by atoms with van der Waals surface area (Å²) in [5.41, 5.74) is 2.53. The molecule has 22 heavy (non-hydrogen) atoms. The number of ether oxygens (including phenoxy) is 1. The van der Waals surface area contributed by atoms with Crippen molar-refractivity contribution in [2.45, 2.75) is 38.2 Å². The lowest BCUT2D eigenvalue weighted by molar-refractivity contribution is -0.144. The van der Waals surface area contributed by atoms with E-state index in [-0.39, 0.29) is 23.9 Å². The lowest BCUT2D eigenvalue weighted by Gasteiger charge is -2.20. The van der Waals surface area contributed by atoms with Crippen LogP contribution in [0, 0.1) is 5.92 Å². The van der Waals surface area contributed by atoms with Gasteiger partial charge in [0.25, 0.3) is 0 Å². The van der Waals surface area contributed by atoms with Crippen molar-refractivity contribution in [3.63, 3.8) is 0 Å². The predicted molar refractivity (Wildman–Crippen MR) is 87.6 cm³/mol. The van der Waals surface area contributed by atoms with Gasteiger partial charge in [-0.15, -0.1) is 0 Å². The maximum Gasteiger partial charge on any atom is 0.309 e. The first-order valence-electron chi connectivity index (χ1n) is 8.08. The molecule has 1 aliphatic rings. The third-order valence-electron chi connectivity index (χ3n) is 4.54. The molecule has 2 atom stereocenters. The van der Waals surface area contributed by atoms with Gasteiger partial charge in [0, 0.05) is 5.92 Å². The Labute approximate surface area is 132 Å². The standard InChI is InChI=1S/C20H22O2/c1-2-18-13-17(20(21)22-18)14-19(15-9-5-3-6-10-15)16-11-7-4-8-12-16/h3-12,17-19H,2,13-14H2,1H3. The van der Waals surface area contributed by atoms with Crippen LogP contribution in [-0.2, 0) is 9.53 Å². The van der Waals surface area contributed by atoms with Crippen molar-refractivity contribution in [1.82, 2.24) is 0 Å². The van der Waals surface area contributed by atoms with E-state index >= 15 is 0 Å². The number of benzene rings is 2. The van der Waals surface area contributed by atoms with Crippen molar-refractivity contribution < 1.29 is 9.53 Å². The molecule has 2 aromatic carbocycles. The second-order valence-corrected chi connectivity index (χ2v) is 6.01. The van der Waals surface area contributed by atoms with Crippen molar-refractivity contribution in [2.24, 2.45) is 5.92 Å². The molecule has 2 heteroatoms. The van der Waals surface area contributed by atoms with Crippen LogP contribution < -0.4 is 0 Å². The monoisotopic (exact) mass is 294 g/mol. The number of carbonyl (C=O) groups is 1. The van der Waals surface area contributed by atoms with E-state index in [1.807, 2.05) is 12.1 Å². The van der Waals surface area contributed by atoms with Gasteiger partial charge in [-0.2, -0.15) is 0 Å². The van der Waals surface area contributed by atoms with Gasteiger partial charge in [-0.05, 0) is 30.4 Å². The van der Waals surface area contributed by atoms with Crippen molar-refractivity contribution in [3.05, 3.63) is 71.8 Å². The van der Waals surface area contributed by atoms with E-state index in [9.17, 15) is 4.79 Å². The van der Waals surface area contributed by atoms with Crippen LogP contribution in [-0.4, -0.2) is 12.1 Å². The van der Waals surface area contributed by atoms with Crippen LogP contribution in [0.5, 0.6) is 0 Å². The minimum atomic E-state index is -0.0243. The average Bonchev–Trinajstić information content (AvgIpc) is 2.94. The fourth-order valence-electron chi connectivity index (χ4n) is 3.28. The largest absolute Gasteiger partial charge is 0.462 e. The van der Waals surface area contributed by atoms with Crippen molar-refractivity contribution in [1.29, 1.82) is 0 Å². The molecule has 1 heterocycles. The molecule has 1 saturated heterocycles. The van der Waals surface area contributed by atoms with Crippen LogP contribution >= 0.6 is 0 Å². The molecule has 2 aromatic rings. The zero-order valence-corrected chi connectivity index (χ0v) is 12.9. The van der Waals surface area contributed by atoms with Gasteiger partial charge in [-0.3, -0.25) is 4.79 Å². The highest BCUT2D eigenvalue weighted by molar-refractivity contribution is 5.74. The average molecular weight is 294 g/mol. The van der Waals surface area contributed by atoms with Gasteiger partial charge in [0.1, 0.15) is 6.10 Å². The van der Waals surface area contributed by atoms with Crippen LogP contribution in [0.3, 0.4) is 0 Å². The highest BCUT2D eigenvalue weighted by atomic mass is 16.5. The number of carbonyl (C=O) groups excluding carboxylic acids is 1. The summed E-state index contributed by atoms with van der Waals surface area (Å²) < 4.78 is 5.46. The normalized spacial score (nSPS) is 21.1. The lowest BCUT2D eigenvalue weighted by Crippen LogP contribution is -2.13. The molecule has 0 spiro atoms. The third-order valence-corrected chi connectivity index (χ3v) is 4.54. The van der Waals surface area contributed by atoms with Crippen LogP contribution in [0.4, 0.5) is 0 Å². The number of hydrogen-bond donors (Lipinski definition) is 0. The fourth-order valence-corrected chi connectivity index (χ4v) is 3.28. The molecular weight excluding hydrogens is 272 g/mol.